The van der Waals surface area contributed by atoms with E-state index in [1.807, 2.05) is 13.8 Å². The Hall–Kier alpha value is -2.85. The van der Waals surface area contributed by atoms with E-state index in [0.29, 0.717) is 35.2 Å². The number of para-hydroxylation sites is 1. The summed E-state index contributed by atoms with van der Waals surface area (Å²) in [6.45, 7) is 7.60. The van der Waals surface area contributed by atoms with Gasteiger partial charge < -0.3 is 30.7 Å². The van der Waals surface area contributed by atoms with Gasteiger partial charge in [-0.1, -0.05) is 44.5 Å². The number of Topliss-reactive ketones (excluding diaryl/α,β-unsaturated/α-hetero) is 1. The van der Waals surface area contributed by atoms with Gasteiger partial charge in [0.1, 0.15) is 11.8 Å². The minimum absolute atomic E-state index is 0.0320. The first-order valence-electron chi connectivity index (χ1n) is 13.2. The number of carbonyl (C=O) groups is 4. The van der Waals surface area contributed by atoms with Gasteiger partial charge in [-0.3, -0.25) is 14.4 Å². The van der Waals surface area contributed by atoms with Crippen molar-refractivity contribution >= 4 is 35.2 Å². The average Bonchev–Trinajstić information content (AvgIpc) is 2.89. The van der Waals surface area contributed by atoms with Crippen molar-refractivity contribution in [2.75, 3.05) is 26.9 Å². The summed E-state index contributed by atoms with van der Waals surface area (Å²) in [7, 11) is 1.47. The predicted octanol–water partition coefficient (Wildman–Crippen LogP) is 2.96. The number of ether oxygens (including phenoxy) is 2. The van der Waals surface area contributed by atoms with Crippen LogP contribution < -0.4 is 26.0 Å². The van der Waals surface area contributed by atoms with Crippen LogP contribution in [-0.4, -0.2) is 62.6 Å². The van der Waals surface area contributed by atoms with Crippen molar-refractivity contribution < 1.29 is 28.7 Å². The van der Waals surface area contributed by atoms with Gasteiger partial charge in [-0.15, -0.1) is 0 Å². The van der Waals surface area contributed by atoms with Crippen LogP contribution in [0.3, 0.4) is 0 Å². The minimum atomic E-state index is -1.03. The van der Waals surface area contributed by atoms with Crippen LogP contribution >= 0.6 is 11.6 Å². The Morgan fingerprint density at radius 3 is 2.42 bits per heavy atom. The number of nitrogens with one attached hydrogen (secondary N) is 4. The van der Waals surface area contributed by atoms with Crippen molar-refractivity contribution in [1.29, 1.82) is 0 Å². The highest BCUT2D eigenvalue weighted by Gasteiger charge is 2.29. The number of hydrogen-bond acceptors (Lipinski definition) is 6. The van der Waals surface area contributed by atoms with E-state index in [4.69, 9.17) is 21.1 Å². The van der Waals surface area contributed by atoms with Gasteiger partial charge in [-0.05, 0) is 50.0 Å². The SMILES string of the molecule is CCC(NC(=O)[C@H](CC(C)C)NC(=O)NCCC1CCOCC1)C(=O)C(=O)NCc1cccc(Cl)c1OC. The Bertz CT molecular complexity index is 951. The van der Waals surface area contributed by atoms with E-state index in [1.165, 1.54) is 7.11 Å². The molecule has 0 aromatic heterocycles. The van der Waals surface area contributed by atoms with Gasteiger partial charge >= 0.3 is 6.03 Å². The van der Waals surface area contributed by atoms with Crippen molar-refractivity contribution in [1.82, 2.24) is 21.3 Å². The molecular formula is C27H41ClN4O6. The van der Waals surface area contributed by atoms with Crippen molar-refractivity contribution in [2.24, 2.45) is 11.8 Å². The molecule has 2 atom stereocenters. The fourth-order valence-corrected chi connectivity index (χ4v) is 4.58. The smallest absolute Gasteiger partial charge is 0.315 e. The second-order valence-corrected chi connectivity index (χ2v) is 10.3. The normalized spacial score (nSPS) is 15.3. The van der Waals surface area contributed by atoms with Crippen LogP contribution in [0, 0.1) is 11.8 Å². The van der Waals surface area contributed by atoms with Crippen LogP contribution in [0.2, 0.25) is 5.02 Å². The molecular weight excluding hydrogens is 512 g/mol. The third-order valence-corrected chi connectivity index (χ3v) is 6.76. The molecule has 0 radical (unpaired) electrons. The van der Waals surface area contributed by atoms with Gasteiger partial charge in [0.2, 0.25) is 11.7 Å². The standard InChI is InChI=1S/C27H41ClN4O6/c1-5-21(23(33)26(35)30-16-19-7-6-8-20(28)24(19)37-4)31-25(34)22(15-17(2)3)32-27(36)29-12-9-18-10-13-38-14-11-18/h6-8,17-18,21-22H,5,9-16H2,1-4H3,(H,30,35)(H,31,34)(H2,29,32,36)/t21?,22-/m0/s1. The van der Waals surface area contributed by atoms with Crippen LogP contribution in [-0.2, 0) is 25.7 Å². The zero-order valence-electron chi connectivity index (χ0n) is 22.7. The Morgan fingerprint density at radius 2 is 1.79 bits per heavy atom. The number of benzene rings is 1. The summed E-state index contributed by atoms with van der Waals surface area (Å²) < 4.78 is 10.6. The van der Waals surface area contributed by atoms with E-state index in [2.05, 4.69) is 21.3 Å². The summed E-state index contributed by atoms with van der Waals surface area (Å²) >= 11 is 6.11. The lowest BCUT2D eigenvalue weighted by Crippen LogP contribution is -2.55. The fraction of sp³-hybridized carbons (Fsp3) is 0.630. The number of amides is 4. The van der Waals surface area contributed by atoms with E-state index < -0.39 is 35.7 Å². The maximum absolute atomic E-state index is 13.0. The molecule has 38 heavy (non-hydrogen) atoms. The molecule has 0 spiro atoms. The predicted molar refractivity (Wildman–Crippen MR) is 145 cm³/mol. The largest absolute Gasteiger partial charge is 0.495 e. The summed E-state index contributed by atoms with van der Waals surface area (Å²) in [5.41, 5.74) is 0.613. The highest BCUT2D eigenvalue weighted by atomic mass is 35.5. The topological polar surface area (TPSA) is 135 Å². The molecule has 2 rings (SSSR count). The number of methoxy groups -OCH3 is 1. The van der Waals surface area contributed by atoms with Gasteiger partial charge in [-0.2, -0.15) is 0 Å². The molecule has 0 saturated carbocycles. The first-order chi connectivity index (χ1) is 18.2. The van der Waals surface area contributed by atoms with Crippen LogP contribution in [0.1, 0.15) is 58.4 Å². The van der Waals surface area contributed by atoms with E-state index in [-0.39, 0.29) is 18.9 Å². The van der Waals surface area contributed by atoms with Crippen LogP contribution in [0.25, 0.3) is 0 Å². The molecule has 1 aromatic carbocycles. The van der Waals surface area contributed by atoms with E-state index >= 15 is 0 Å². The number of halogens is 1. The van der Waals surface area contributed by atoms with Crippen LogP contribution in [0.15, 0.2) is 18.2 Å². The summed E-state index contributed by atoms with van der Waals surface area (Å²) in [5.74, 6) is -1.08. The quantitative estimate of drug-likeness (QED) is 0.262. The Balaban J connectivity index is 1.91. The molecule has 4 N–H and O–H groups in total. The summed E-state index contributed by atoms with van der Waals surface area (Å²) in [4.78, 5) is 50.9. The third-order valence-electron chi connectivity index (χ3n) is 6.47. The molecule has 212 valence electrons. The molecule has 4 amide bonds. The van der Waals surface area contributed by atoms with Crippen molar-refractivity contribution in [3.05, 3.63) is 28.8 Å². The number of ketones is 1. The van der Waals surface area contributed by atoms with Crippen LogP contribution in [0.5, 0.6) is 5.75 Å². The monoisotopic (exact) mass is 552 g/mol. The van der Waals surface area contributed by atoms with Crippen molar-refractivity contribution in [2.45, 2.75) is 71.5 Å². The second kappa shape index (κ2) is 16.2. The number of hydrogen-bond donors (Lipinski definition) is 4. The fourth-order valence-electron chi connectivity index (χ4n) is 4.30. The molecule has 1 aliphatic rings. The summed E-state index contributed by atoms with van der Waals surface area (Å²) in [6.07, 6.45) is 3.40. The number of rotatable bonds is 14. The van der Waals surface area contributed by atoms with Crippen molar-refractivity contribution in [3.63, 3.8) is 0 Å². The van der Waals surface area contributed by atoms with E-state index in [1.54, 1.807) is 25.1 Å². The molecule has 1 aromatic rings. The highest BCUT2D eigenvalue weighted by Crippen LogP contribution is 2.28. The van der Waals surface area contributed by atoms with E-state index in [9.17, 15) is 19.2 Å². The first kappa shape index (κ1) is 31.4. The minimum Gasteiger partial charge on any atom is -0.495 e. The third kappa shape index (κ3) is 10.1. The lowest BCUT2D eigenvalue weighted by Gasteiger charge is -2.24. The van der Waals surface area contributed by atoms with Gasteiger partial charge in [0.25, 0.3) is 5.91 Å². The van der Waals surface area contributed by atoms with Crippen LogP contribution in [0.4, 0.5) is 4.79 Å². The molecule has 11 heteroatoms. The summed E-state index contributed by atoms with van der Waals surface area (Å²) in [5, 5.41) is 11.1. The molecule has 1 fully saturated rings. The molecule has 1 aliphatic heterocycles. The van der Waals surface area contributed by atoms with Crippen molar-refractivity contribution in [3.8, 4) is 5.75 Å². The number of carbonyl (C=O) groups excluding carboxylic acids is 4. The molecule has 1 unspecified atom stereocenters. The zero-order chi connectivity index (χ0) is 28.1. The number of urea groups is 1. The zero-order valence-corrected chi connectivity index (χ0v) is 23.5. The Kier molecular flexibility index (Phi) is 13.4. The molecule has 0 bridgehead atoms. The maximum Gasteiger partial charge on any atom is 0.315 e. The lowest BCUT2D eigenvalue weighted by atomic mass is 9.97. The Morgan fingerprint density at radius 1 is 1.08 bits per heavy atom. The van der Waals surface area contributed by atoms with Gasteiger partial charge in [0.05, 0.1) is 18.2 Å². The van der Waals surface area contributed by atoms with Gasteiger partial charge in [0, 0.05) is 31.9 Å². The maximum atomic E-state index is 13.0. The van der Waals surface area contributed by atoms with E-state index in [0.717, 1.165) is 32.5 Å². The molecule has 1 heterocycles. The van der Waals surface area contributed by atoms with Gasteiger partial charge in [-0.25, -0.2) is 4.79 Å². The first-order valence-corrected chi connectivity index (χ1v) is 13.6. The molecule has 0 aliphatic carbocycles. The molecule has 10 nitrogen and oxygen atoms in total. The second-order valence-electron chi connectivity index (χ2n) is 9.88. The molecule has 1 saturated heterocycles. The summed E-state index contributed by atoms with van der Waals surface area (Å²) in [6, 6.07) is 2.78. The Labute approximate surface area is 229 Å². The lowest BCUT2D eigenvalue weighted by molar-refractivity contribution is -0.140. The highest BCUT2D eigenvalue weighted by molar-refractivity contribution is 6.38. The van der Waals surface area contributed by atoms with Gasteiger partial charge in [0.15, 0.2) is 0 Å². The average molecular weight is 553 g/mol.